The van der Waals surface area contributed by atoms with Crippen LogP contribution in [-0.2, 0) is 4.74 Å². The van der Waals surface area contributed by atoms with Crippen molar-refractivity contribution < 1.29 is 9.84 Å². The number of halogens is 3. The molecule has 0 amide bonds. The van der Waals surface area contributed by atoms with Crippen molar-refractivity contribution in [2.75, 3.05) is 13.0 Å². The van der Waals surface area contributed by atoms with Gasteiger partial charge >= 0.3 is 0 Å². The number of ether oxygens (including phenoxy) is 1. The van der Waals surface area contributed by atoms with Gasteiger partial charge in [-0.3, -0.25) is 0 Å². The molecule has 0 fully saturated rings. The van der Waals surface area contributed by atoms with Crippen LogP contribution >= 0.6 is 34.8 Å². The summed E-state index contributed by atoms with van der Waals surface area (Å²) >= 11 is 16.5. The number of alkyl halides is 3. The average molecular weight is 207 g/mol. The van der Waals surface area contributed by atoms with E-state index in [2.05, 4.69) is 4.74 Å². The fourth-order valence-corrected chi connectivity index (χ4v) is 1.28. The second kappa shape index (κ2) is 4.62. The molecule has 0 radical (unpaired) electrons. The van der Waals surface area contributed by atoms with Crippen molar-refractivity contribution in [1.82, 2.24) is 0 Å². The predicted octanol–water partition coefficient (Wildman–Crippen LogP) is 1.75. The van der Waals surface area contributed by atoms with Crippen LogP contribution in [0.2, 0.25) is 0 Å². The number of methoxy groups -OCH3 is 1. The fourth-order valence-electron chi connectivity index (χ4n) is 0.422. The largest absolute Gasteiger partial charge is 0.366 e. The molecule has 0 aromatic heterocycles. The van der Waals surface area contributed by atoms with Gasteiger partial charge in [0.2, 0.25) is 0 Å². The summed E-state index contributed by atoms with van der Waals surface area (Å²) in [7, 11) is 1.32. The van der Waals surface area contributed by atoms with Gasteiger partial charge in [-0.2, -0.15) is 0 Å². The average Bonchev–Trinajstić information content (AvgIpc) is 1.86. The molecular weight excluding hydrogens is 198 g/mol. The summed E-state index contributed by atoms with van der Waals surface area (Å²) in [4.78, 5) is 0. The van der Waals surface area contributed by atoms with E-state index in [1.807, 2.05) is 0 Å². The third-order valence-corrected chi connectivity index (χ3v) is 1.95. The highest BCUT2D eigenvalue weighted by atomic mass is 35.5. The van der Waals surface area contributed by atoms with Crippen LogP contribution in [0.5, 0.6) is 0 Å². The maximum Gasteiger partial charge on any atom is 0.187 e. The van der Waals surface area contributed by atoms with E-state index in [0.29, 0.717) is 0 Å². The molecule has 1 atom stereocenters. The van der Waals surface area contributed by atoms with E-state index in [0.717, 1.165) is 0 Å². The Morgan fingerprint density at radius 1 is 1.60 bits per heavy atom. The van der Waals surface area contributed by atoms with E-state index < -0.39 is 10.6 Å². The molecule has 0 aliphatic rings. The van der Waals surface area contributed by atoms with Gasteiger partial charge in [-0.05, 0) is 6.42 Å². The van der Waals surface area contributed by atoms with E-state index in [9.17, 15) is 0 Å². The summed E-state index contributed by atoms with van der Waals surface area (Å²) in [5, 5.41) is 8.97. The quantitative estimate of drug-likeness (QED) is 0.562. The van der Waals surface area contributed by atoms with Crippen LogP contribution in [0.1, 0.15) is 6.42 Å². The maximum atomic E-state index is 8.97. The number of hydrogen-bond acceptors (Lipinski definition) is 2. The van der Waals surface area contributed by atoms with Crippen molar-refractivity contribution in [3.05, 3.63) is 0 Å². The summed E-state index contributed by atoms with van der Waals surface area (Å²) in [6, 6.07) is 0. The summed E-state index contributed by atoms with van der Waals surface area (Å²) in [6.45, 7) is 0. The van der Waals surface area contributed by atoms with Gasteiger partial charge in [0.15, 0.2) is 10.6 Å². The smallest absolute Gasteiger partial charge is 0.187 e. The van der Waals surface area contributed by atoms with Crippen LogP contribution in [0.4, 0.5) is 0 Å². The standard InChI is InChI=1S/C5H9Cl3O2/c1-10-4(9)5(7,8)2-3-6/h4,9H,2-3H2,1H3. The van der Waals surface area contributed by atoms with Crippen molar-refractivity contribution >= 4 is 34.8 Å². The molecule has 10 heavy (non-hydrogen) atoms. The van der Waals surface area contributed by atoms with Crippen molar-refractivity contribution in [3.63, 3.8) is 0 Å². The summed E-state index contributed by atoms with van der Waals surface area (Å²) in [5.41, 5.74) is 0. The van der Waals surface area contributed by atoms with Crippen LogP contribution < -0.4 is 0 Å². The fraction of sp³-hybridized carbons (Fsp3) is 1.00. The first-order chi connectivity index (χ1) is 4.54. The van der Waals surface area contributed by atoms with E-state index in [1.54, 1.807) is 0 Å². The van der Waals surface area contributed by atoms with Crippen LogP contribution in [0.3, 0.4) is 0 Å². The normalized spacial score (nSPS) is 15.3. The number of rotatable bonds is 4. The Kier molecular flexibility index (Phi) is 4.99. The summed E-state index contributed by atoms with van der Waals surface area (Å²) < 4.78 is 3.21. The molecule has 0 heterocycles. The van der Waals surface area contributed by atoms with Gasteiger partial charge in [0, 0.05) is 13.0 Å². The van der Waals surface area contributed by atoms with Gasteiger partial charge in [0.05, 0.1) is 0 Å². The Hall–Kier alpha value is 0.790. The molecule has 0 rings (SSSR count). The Morgan fingerprint density at radius 3 is 2.40 bits per heavy atom. The summed E-state index contributed by atoms with van der Waals surface area (Å²) in [5.74, 6) is 0.285. The molecular formula is C5H9Cl3O2. The lowest BCUT2D eigenvalue weighted by Gasteiger charge is -2.22. The number of aliphatic hydroxyl groups is 1. The Bertz CT molecular complexity index is 96.9. The van der Waals surface area contributed by atoms with E-state index >= 15 is 0 Å². The van der Waals surface area contributed by atoms with Gasteiger partial charge < -0.3 is 9.84 Å². The van der Waals surface area contributed by atoms with Gasteiger partial charge in [-0.15, -0.1) is 11.6 Å². The van der Waals surface area contributed by atoms with Gasteiger partial charge in [0.1, 0.15) is 0 Å². The Morgan fingerprint density at radius 2 is 2.10 bits per heavy atom. The first-order valence-corrected chi connectivity index (χ1v) is 3.98. The van der Waals surface area contributed by atoms with Gasteiger partial charge in [-0.1, -0.05) is 23.2 Å². The zero-order chi connectivity index (χ0) is 8.20. The molecule has 62 valence electrons. The SMILES string of the molecule is COC(O)C(Cl)(Cl)CCCl. The minimum Gasteiger partial charge on any atom is -0.366 e. The summed E-state index contributed by atoms with van der Waals surface area (Å²) in [6.07, 6.45) is -0.901. The molecule has 0 aliphatic heterocycles. The van der Waals surface area contributed by atoms with Crippen LogP contribution in [0, 0.1) is 0 Å². The highest BCUT2D eigenvalue weighted by Gasteiger charge is 2.32. The lowest BCUT2D eigenvalue weighted by atomic mass is 10.3. The third-order valence-electron chi connectivity index (χ3n) is 1.01. The van der Waals surface area contributed by atoms with Crippen molar-refractivity contribution in [1.29, 1.82) is 0 Å². The molecule has 0 bridgehead atoms. The second-order valence-corrected chi connectivity index (χ2v) is 3.71. The molecule has 1 unspecified atom stereocenters. The van der Waals surface area contributed by atoms with E-state index in [1.165, 1.54) is 7.11 Å². The molecule has 0 saturated carbocycles. The maximum absolute atomic E-state index is 8.97. The monoisotopic (exact) mass is 206 g/mol. The molecule has 5 heteroatoms. The first kappa shape index (κ1) is 10.8. The minimum absolute atomic E-state index is 0.284. The van der Waals surface area contributed by atoms with Gasteiger partial charge in [0.25, 0.3) is 0 Å². The molecule has 0 saturated heterocycles. The minimum atomic E-state index is -1.30. The van der Waals surface area contributed by atoms with Crippen molar-refractivity contribution in [2.45, 2.75) is 17.0 Å². The van der Waals surface area contributed by atoms with Gasteiger partial charge in [-0.25, -0.2) is 0 Å². The first-order valence-electron chi connectivity index (χ1n) is 2.69. The van der Waals surface area contributed by atoms with Crippen LogP contribution in [0.15, 0.2) is 0 Å². The van der Waals surface area contributed by atoms with E-state index in [-0.39, 0.29) is 12.3 Å². The van der Waals surface area contributed by atoms with Crippen LogP contribution in [0.25, 0.3) is 0 Å². The van der Waals surface area contributed by atoms with E-state index in [4.69, 9.17) is 39.9 Å². The molecule has 0 aromatic rings. The molecule has 0 aromatic carbocycles. The van der Waals surface area contributed by atoms with Crippen molar-refractivity contribution in [2.24, 2.45) is 0 Å². The Balaban J connectivity index is 3.82. The molecule has 1 N–H and O–H groups in total. The Labute approximate surface area is 75.0 Å². The molecule has 2 nitrogen and oxygen atoms in total. The zero-order valence-corrected chi connectivity index (χ0v) is 7.75. The van der Waals surface area contributed by atoms with Crippen molar-refractivity contribution in [3.8, 4) is 0 Å². The topological polar surface area (TPSA) is 29.5 Å². The molecule has 0 spiro atoms. The third kappa shape index (κ3) is 3.26. The lowest BCUT2D eigenvalue weighted by molar-refractivity contribution is -0.0842. The number of hydrogen-bond donors (Lipinski definition) is 1. The highest BCUT2D eigenvalue weighted by molar-refractivity contribution is 6.49. The lowest BCUT2D eigenvalue weighted by Crippen LogP contribution is -2.32. The van der Waals surface area contributed by atoms with Crippen LogP contribution in [-0.4, -0.2) is 28.7 Å². The molecule has 0 aliphatic carbocycles. The second-order valence-electron chi connectivity index (χ2n) is 1.79. The highest BCUT2D eigenvalue weighted by Crippen LogP contribution is 2.30. The zero-order valence-electron chi connectivity index (χ0n) is 5.48. The number of aliphatic hydroxyl groups excluding tert-OH is 1. The predicted molar refractivity (Wildman–Crippen MR) is 42.8 cm³/mol.